The number of hydrogen-bond acceptors (Lipinski definition) is 8. The third kappa shape index (κ3) is 11.9. The van der Waals surface area contributed by atoms with E-state index < -0.39 is 66.7 Å². The molecule has 0 saturated heterocycles. The first kappa shape index (κ1) is 27.1. The van der Waals surface area contributed by atoms with E-state index >= 15 is 0 Å². The number of rotatable bonds is 15. The molecule has 0 aromatic rings. The van der Waals surface area contributed by atoms with E-state index in [0.717, 1.165) is 0 Å². The van der Waals surface area contributed by atoms with Crippen LogP contribution in [0.4, 0.5) is 0 Å². The summed E-state index contributed by atoms with van der Waals surface area (Å²) >= 11 is 1.38. The predicted molar refractivity (Wildman–Crippen MR) is 106 cm³/mol. The fourth-order valence-electron chi connectivity index (χ4n) is 2.15. The van der Waals surface area contributed by atoms with Crippen molar-refractivity contribution in [1.29, 1.82) is 0 Å². The Morgan fingerprint density at radius 3 is 2.00 bits per heavy atom. The predicted octanol–water partition coefficient (Wildman–Crippen LogP) is -3.02. The maximum atomic E-state index is 12.6. The van der Waals surface area contributed by atoms with Crippen molar-refractivity contribution in [2.75, 3.05) is 18.6 Å². The van der Waals surface area contributed by atoms with E-state index in [0.29, 0.717) is 5.75 Å². The number of aliphatic carboxylic acids is 2. The average molecular weight is 449 g/mol. The van der Waals surface area contributed by atoms with Gasteiger partial charge < -0.3 is 37.6 Å². The lowest BCUT2D eigenvalue weighted by Gasteiger charge is -2.23. The van der Waals surface area contributed by atoms with Crippen LogP contribution in [0.25, 0.3) is 0 Å². The molecule has 0 bridgehead atoms. The van der Waals surface area contributed by atoms with Crippen molar-refractivity contribution in [2.45, 2.75) is 43.8 Å². The summed E-state index contributed by atoms with van der Waals surface area (Å²) in [6.45, 7) is -0.758. The number of primary amides is 1. The van der Waals surface area contributed by atoms with Crippen molar-refractivity contribution in [1.82, 2.24) is 16.0 Å². The molecule has 30 heavy (non-hydrogen) atoms. The average Bonchev–Trinajstić information content (AvgIpc) is 2.65. The quantitative estimate of drug-likeness (QED) is 0.134. The highest BCUT2D eigenvalue weighted by Crippen LogP contribution is 2.04. The SMILES string of the molecule is CSCCC(NC(=O)C(N)CCC(N)=O)C(=O)NC(CC(=O)O)C(=O)NCC(=O)O. The van der Waals surface area contributed by atoms with Gasteiger partial charge in [0.25, 0.3) is 0 Å². The number of hydrogen-bond donors (Lipinski definition) is 7. The second-order valence-electron chi connectivity index (χ2n) is 6.22. The number of nitrogens with two attached hydrogens (primary N) is 2. The number of amides is 4. The standard InChI is InChI=1S/C16H27N5O8S/c1-30-5-4-9(20-14(27)8(17)2-3-11(18)22)16(29)21-10(6-12(23)24)15(28)19-7-13(25)26/h8-10H,2-7,17H2,1H3,(H2,18,22)(H,19,28)(H,20,27)(H,21,29)(H,23,24)(H,25,26). The lowest BCUT2D eigenvalue weighted by Crippen LogP contribution is -2.56. The van der Waals surface area contributed by atoms with Gasteiger partial charge in [-0.1, -0.05) is 0 Å². The van der Waals surface area contributed by atoms with Crippen molar-refractivity contribution in [3.05, 3.63) is 0 Å². The van der Waals surface area contributed by atoms with Crippen LogP contribution < -0.4 is 27.4 Å². The molecule has 0 aromatic heterocycles. The second kappa shape index (κ2) is 14.2. The maximum absolute atomic E-state index is 12.6. The Hall–Kier alpha value is -2.87. The van der Waals surface area contributed by atoms with E-state index in [4.69, 9.17) is 21.7 Å². The monoisotopic (exact) mass is 449 g/mol. The first-order valence-corrected chi connectivity index (χ1v) is 10.2. The van der Waals surface area contributed by atoms with Gasteiger partial charge in [0, 0.05) is 6.42 Å². The Morgan fingerprint density at radius 2 is 1.50 bits per heavy atom. The molecule has 0 fully saturated rings. The molecule has 0 heterocycles. The highest BCUT2D eigenvalue weighted by molar-refractivity contribution is 7.98. The Kier molecular flexibility index (Phi) is 12.8. The number of thioether (sulfide) groups is 1. The number of nitrogens with one attached hydrogen (secondary N) is 3. The van der Waals surface area contributed by atoms with E-state index in [9.17, 15) is 28.8 Å². The number of carbonyl (C=O) groups is 6. The van der Waals surface area contributed by atoms with E-state index in [1.165, 1.54) is 11.8 Å². The Labute approximate surface area is 176 Å². The largest absolute Gasteiger partial charge is 0.481 e. The van der Waals surface area contributed by atoms with E-state index in [-0.39, 0.29) is 19.3 Å². The van der Waals surface area contributed by atoms with Crippen molar-refractivity contribution in [3.8, 4) is 0 Å². The summed E-state index contributed by atoms with van der Waals surface area (Å²) in [7, 11) is 0. The number of carboxylic acid groups (broad SMARTS) is 2. The van der Waals surface area contributed by atoms with Gasteiger partial charge in [0.1, 0.15) is 18.6 Å². The van der Waals surface area contributed by atoms with Gasteiger partial charge in [-0.15, -0.1) is 0 Å². The summed E-state index contributed by atoms with van der Waals surface area (Å²) < 4.78 is 0. The van der Waals surface area contributed by atoms with Crippen molar-refractivity contribution < 1.29 is 39.0 Å². The zero-order valence-corrected chi connectivity index (χ0v) is 17.2. The van der Waals surface area contributed by atoms with Crippen LogP contribution >= 0.6 is 11.8 Å². The summed E-state index contributed by atoms with van der Waals surface area (Å²) in [5.74, 6) is -5.49. The minimum Gasteiger partial charge on any atom is -0.481 e. The van der Waals surface area contributed by atoms with E-state index in [1.807, 2.05) is 5.32 Å². The first-order valence-electron chi connectivity index (χ1n) is 8.82. The van der Waals surface area contributed by atoms with Crippen LogP contribution in [0.1, 0.15) is 25.7 Å². The number of carboxylic acids is 2. The fourth-order valence-corrected chi connectivity index (χ4v) is 2.63. The minimum absolute atomic E-state index is 0.0305. The smallest absolute Gasteiger partial charge is 0.322 e. The molecule has 9 N–H and O–H groups in total. The van der Waals surface area contributed by atoms with Gasteiger partial charge in [-0.3, -0.25) is 28.8 Å². The maximum Gasteiger partial charge on any atom is 0.322 e. The van der Waals surface area contributed by atoms with E-state index in [2.05, 4.69) is 10.6 Å². The summed E-state index contributed by atoms with van der Waals surface area (Å²) in [5.41, 5.74) is 10.7. The molecule has 0 saturated carbocycles. The van der Waals surface area contributed by atoms with Gasteiger partial charge in [0.15, 0.2) is 0 Å². The van der Waals surface area contributed by atoms with Gasteiger partial charge in [-0.05, 0) is 24.9 Å². The van der Waals surface area contributed by atoms with Crippen LogP contribution in [-0.4, -0.2) is 82.5 Å². The molecular formula is C16H27N5O8S. The molecule has 14 heteroatoms. The normalized spacial score (nSPS) is 13.4. The van der Waals surface area contributed by atoms with Gasteiger partial charge in [0.2, 0.25) is 23.6 Å². The van der Waals surface area contributed by atoms with Gasteiger partial charge in [-0.25, -0.2) is 0 Å². The molecule has 0 aliphatic heterocycles. The van der Waals surface area contributed by atoms with Crippen molar-refractivity contribution >= 4 is 47.3 Å². The Balaban J connectivity index is 5.18. The zero-order chi connectivity index (χ0) is 23.3. The van der Waals surface area contributed by atoms with Gasteiger partial charge in [0.05, 0.1) is 12.5 Å². The molecule has 0 spiro atoms. The third-order valence-electron chi connectivity index (χ3n) is 3.71. The molecule has 4 amide bonds. The lowest BCUT2D eigenvalue weighted by molar-refractivity contribution is -0.141. The first-order chi connectivity index (χ1) is 14.0. The molecule has 0 radical (unpaired) electrons. The van der Waals surface area contributed by atoms with Crippen molar-refractivity contribution in [2.24, 2.45) is 11.5 Å². The summed E-state index contributed by atoms with van der Waals surface area (Å²) in [4.78, 5) is 69.2. The summed E-state index contributed by atoms with van der Waals surface area (Å²) in [5, 5.41) is 24.2. The molecule has 0 aliphatic carbocycles. The lowest BCUT2D eigenvalue weighted by atomic mass is 10.1. The Bertz CT molecular complexity index is 660. The van der Waals surface area contributed by atoms with Crippen LogP contribution in [0.3, 0.4) is 0 Å². The van der Waals surface area contributed by atoms with Crippen LogP contribution in [0.5, 0.6) is 0 Å². The molecule has 170 valence electrons. The van der Waals surface area contributed by atoms with Crippen LogP contribution in [-0.2, 0) is 28.8 Å². The molecule has 13 nitrogen and oxygen atoms in total. The fraction of sp³-hybridized carbons (Fsp3) is 0.625. The minimum atomic E-state index is -1.55. The number of carbonyl (C=O) groups excluding carboxylic acids is 4. The summed E-state index contributed by atoms with van der Waals surface area (Å²) in [6.07, 6.45) is 0.969. The van der Waals surface area contributed by atoms with Crippen molar-refractivity contribution in [3.63, 3.8) is 0 Å². The Morgan fingerprint density at radius 1 is 0.900 bits per heavy atom. The van der Waals surface area contributed by atoms with Crippen LogP contribution in [0.15, 0.2) is 0 Å². The topological polar surface area (TPSA) is 231 Å². The van der Waals surface area contributed by atoms with Gasteiger partial charge >= 0.3 is 11.9 Å². The van der Waals surface area contributed by atoms with E-state index in [1.54, 1.807) is 6.26 Å². The molecular weight excluding hydrogens is 422 g/mol. The van der Waals surface area contributed by atoms with Crippen LogP contribution in [0.2, 0.25) is 0 Å². The molecule has 3 atom stereocenters. The molecule has 0 aromatic carbocycles. The highest BCUT2D eigenvalue weighted by atomic mass is 32.2. The molecule has 3 unspecified atom stereocenters. The zero-order valence-electron chi connectivity index (χ0n) is 16.4. The summed E-state index contributed by atoms with van der Waals surface area (Å²) in [6, 6.07) is -3.78. The molecule has 0 rings (SSSR count). The molecule has 0 aliphatic rings. The third-order valence-corrected chi connectivity index (χ3v) is 4.35. The van der Waals surface area contributed by atoms with Crippen LogP contribution in [0, 0.1) is 0 Å². The second-order valence-corrected chi connectivity index (χ2v) is 7.21. The van der Waals surface area contributed by atoms with Gasteiger partial charge in [-0.2, -0.15) is 11.8 Å². The highest BCUT2D eigenvalue weighted by Gasteiger charge is 2.29.